The van der Waals surface area contributed by atoms with Crippen LogP contribution in [0, 0.1) is 0 Å². The zero-order valence-electron chi connectivity index (χ0n) is 4.97. The second-order valence-corrected chi connectivity index (χ2v) is 2.98. The molecule has 1 rings (SSSR count). The van der Waals surface area contributed by atoms with Crippen molar-refractivity contribution < 1.29 is 4.84 Å². The van der Waals surface area contributed by atoms with Crippen LogP contribution in [-0.2, 0) is 4.84 Å². The average molecular weight is 130 g/mol. The van der Waals surface area contributed by atoms with Gasteiger partial charge in [-0.2, -0.15) is 0 Å². The van der Waals surface area contributed by atoms with E-state index in [2.05, 4.69) is 5.16 Å². The molecule has 0 aromatic rings. The summed E-state index contributed by atoms with van der Waals surface area (Å²) in [7, 11) is 0. The van der Waals surface area contributed by atoms with E-state index in [-0.39, 0.29) is 5.60 Å². The first-order chi connectivity index (χ1) is 3.60. The Kier molecular flexibility index (Phi) is 1.15. The van der Waals surface area contributed by atoms with Gasteiger partial charge in [0.05, 0.1) is 0 Å². The van der Waals surface area contributed by atoms with Crippen LogP contribution in [0.2, 0.25) is 0 Å². The molecule has 1 heterocycles. The lowest BCUT2D eigenvalue weighted by Gasteiger charge is -2.12. The van der Waals surface area contributed by atoms with Crippen LogP contribution in [-0.4, -0.2) is 10.6 Å². The molecule has 0 saturated heterocycles. The quantitative estimate of drug-likeness (QED) is 0.489. The van der Waals surface area contributed by atoms with Crippen LogP contribution in [0.25, 0.3) is 0 Å². The van der Waals surface area contributed by atoms with Gasteiger partial charge in [0.1, 0.15) is 10.6 Å². The highest BCUT2D eigenvalue weighted by Gasteiger charge is 2.27. The third-order valence-electron chi connectivity index (χ3n) is 0.972. The smallest absolute Gasteiger partial charge is 0.146 e. The minimum atomic E-state index is -0.142. The van der Waals surface area contributed by atoms with E-state index in [0.29, 0.717) is 5.04 Å². The van der Waals surface area contributed by atoms with Crippen LogP contribution in [0.3, 0.4) is 0 Å². The Morgan fingerprint density at radius 2 is 2.38 bits per heavy atom. The molecule has 1 radical (unpaired) electrons. The monoisotopic (exact) mass is 130 g/mol. The SMILES string of the molecule is CC1(C)CC([S])=NO1. The number of nitrogens with zero attached hydrogens (tertiary/aromatic N) is 1. The van der Waals surface area contributed by atoms with E-state index < -0.39 is 0 Å². The highest BCUT2D eigenvalue weighted by atomic mass is 32.1. The first-order valence-electron chi connectivity index (χ1n) is 2.52. The Morgan fingerprint density at radius 1 is 1.75 bits per heavy atom. The fraction of sp³-hybridized carbons (Fsp3) is 0.800. The van der Waals surface area contributed by atoms with Crippen LogP contribution in [0.1, 0.15) is 20.3 Å². The third kappa shape index (κ3) is 1.10. The number of oxime groups is 1. The molecular formula is C5H8NOS. The summed E-state index contributed by atoms with van der Waals surface area (Å²) in [6.45, 7) is 3.94. The zero-order valence-corrected chi connectivity index (χ0v) is 5.79. The fourth-order valence-electron chi connectivity index (χ4n) is 0.603. The van der Waals surface area contributed by atoms with Gasteiger partial charge in [-0.1, -0.05) is 17.8 Å². The van der Waals surface area contributed by atoms with Gasteiger partial charge in [0.15, 0.2) is 0 Å². The summed E-state index contributed by atoms with van der Waals surface area (Å²) in [4.78, 5) is 4.94. The van der Waals surface area contributed by atoms with Crippen molar-refractivity contribution in [3.8, 4) is 0 Å². The summed E-state index contributed by atoms with van der Waals surface area (Å²) >= 11 is 4.78. The van der Waals surface area contributed by atoms with Gasteiger partial charge in [-0.3, -0.25) is 0 Å². The van der Waals surface area contributed by atoms with E-state index >= 15 is 0 Å². The summed E-state index contributed by atoms with van der Waals surface area (Å²) in [6.07, 6.45) is 0.780. The molecule has 0 aromatic heterocycles. The van der Waals surface area contributed by atoms with Gasteiger partial charge >= 0.3 is 0 Å². The maximum Gasteiger partial charge on any atom is 0.146 e. The van der Waals surface area contributed by atoms with E-state index in [9.17, 15) is 0 Å². The lowest BCUT2D eigenvalue weighted by Crippen LogP contribution is -2.17. The molecule has 1 aliphatic heterocycles. The molecule has 45 valence electrons. The van der Waals surface area contributed by atoms with Gasteiger partial charge in [-0.15, -0.1) is 0 Å². The van der Waals surface area contributed by atoms with Crippen LogP contribution in [0.5, 0.6) is 0 Å². The lowest BCUT2D eigenvalue weighted by atomic mass is 10.1. The molecule has 0 atom stereocenters. The van der Waals surface area contributed by atoms with Crippen molar-refractivity contribution in [3.05, 3.63) is 0 Å². The van der Waals surface area contributed by atoms with Crippen molar-refractivity contribution >= 4 is 17.7 Å². The van der Waals surface area contributed by atoms with E-state index in [1.54, 1.807) is 0 Å². The van der Waals surface area contributed by atoms with Crippen LogP contribution >= 0.6 is 12.6 Å². The van der Waals surface area contributed by atoms with Crippen molar-refractivity contribution in [2.24, 2.45) is 5.16 Å². The summed E-state index contributed by atoms with van der Waals surface area (Å²) in [5.74, 6) is 0. The van der Waals surface area contributed by atoms with E-state index in [4.69, 9.17) is 17.5 Å². The first-order valence-corrected chi connectivity index (χ1v) is 2.93. The predicted octanol–water partition coefficient (Wildman–Crippen LogP) is 1.70. The third-order valence-corrected chi connectivity index (χ3v) is 1.19. The molecule has 0 aliphatic carbocycles. The van der Waals surface area contributed by atoms with Crippen molar-refractivity contribution in [2.45, 2.75) is 25.9 Å². The van der Waals surface area contributed by atoms with Crippen molar-refractivity contribution in [3.63, 3.8) is 0 Å². The molecule has 0 bridgehead atoms. The van der Waals surface area contributed by atoms with Gasteiger partial charge in [-0.05, 0) is 13.8 Å². The molecular weight excluding hydrogens is 122 g/mol. The van der Waals surface area contributed by atoms with Gasteiger partial charge in [0.25, 0.3) is 0 Å². The summed E-state index contributed by atoms with van der Waals surface area (Å²) in [5.41, 5.74) is -0.142. The lowest BCUT2D eigenvalue weighted by molar-refractivity contribution is 0.0123. The molecule has 1 aliphatic rings. The summed E-state index contributed by atoms with van der Waals surface area (Å²) in [6, 6.07) is 0. The Balaban J connectivity index is 2.55. The Hall–Kier alpha value is -0.310. The molecule has 0 unspecified atom stereocenters. The van der Waals surface area contributed by atoms with E-state index in [0.717, 1.165) is 6.42 Å². The van der Waals surface area contributed by atoms with Crippen LogP contribution in [0.15, 0.2) is 5.16 Å². The van der Waals surface area contributed by atoms with Crippen LogP contribution in [0.4, 0.5) is 0 Å². The maximum absolute atomic E-state index is 4.94. The molecule has 0 amide bonds. The maximum atomic E-state index is 4.94. The highest BCUT2D eigenvalue weighted by molar-refractivity contribution is 7.97. The Morgan fingerprint density at radius 3 is 2.50 bits per heavy atom. The van der Waals surface area contributed by atoms with Gasteiger partial charge in [0, 0.05) is 6.42 Å². The fourth-order valence-corrected chi connectivity index (χ4v) is 0.988. The molecule has 3 heteroatoms. The number of rotatable bonds is 0. The van der Waals surface area contributed by atoms with Crippen molar-refractivity contribution in [1.29, 1.82) is 0 Å². The van der Waals surface area contributed by atoms with E-state index in [1.807, 2.05) is 13.8 Å². The molecule has 0 N–H and O–H groups in total. The number of hydrogen-bond acceptors (Lipinski definition) is 2. The standard InChI is InChI=1S/C5H8NOS/c1-5(2)3-4(8)6-7-5/h3H2,1-2H3. The second kappa shape index (κ2) is 1.58. The van der Waals surface area contributed by atoms with Crippen LogP contribution < -0.4 is 0 Å². The van der Waals surface area contributed by atoms with E-state index in [1.165, 1.54) is 0 Å². The molecule has 0 spiro atoms. The molecule has 8 heavy (non-hydrogen) atoms. The first kappa shape index (κ1) is 5.82. The summed E-state index contributed by atoms with van der Waals surface area (Å²) in [5, 5.41) is 4.30. The second-order valence-electron chi connectivity index (χ2n) is 2.51. The predicted molar refractivity (Wildman–Crippen MR) is 34.8 cm³/mol. The van der Waals surface area contributed by atoms with Crippen molar-refractivity contribution in [1.82, 2.24) is 0 Å². The molecule has 0 aromatic carbocycles. The molecule has 0 fully saturated rings. The minimum absolute atomic E-state index is 0.142. The molecule has 2 nitrogen and oxygen atoms in total. The van der Waals surface area contributed by atoms with Gasteiger partial charge < -0.3 is 4.84 Å². The topological polar surface area (TPSA) is 21.6 Å². The average Bonchev–Trinajstić information content (AvgIpc) is 1.82. The minimum Gasteiger partial charge on any atom is -0.388 e. The van der Waals surface area contributed by atoms with Crippen molar-refractivity contribution in [2.75, 3.05) is 0 Å². The Labute approximate surface area is 54.3 Å². The Bertz CT molecular complexity index is 130. The van der Waals surface area contributed by atoms with Gasteiger partial charge in [-0.25, -0.2) is 0 Å². The number of hydrogen-bond donors (Lipinski definition) is 0. The van der Waals surface area contributed by atoms with Gasteiger partial charge in [0.2, 0.25) is 0 Å². The highest BCUT2D eigenvalue weighted by Crippen LogP contribution is 2.22. The normalized spacial score (nSPS) is 24.5. The largest absolute Gasteiger partial charge is 0.388 e. The summed E-state index contributed by atoms with van der Waals surface area (Å²) < 4.78 is 0. The zero-order chi connectivity index (χ0) is 6.20. The molecule has 0 saturated carbocycles.